The molecule has 0 spiro atoms. The normalized spacial score (nSPS) is 16.9. The lowest BCUT2D eigenvalue weighted by molar-refractivity contribution is -0.135. The summed E-state index contributed by atoms with van der Waals surface area (Å²) < 4.78 is 1.90. The number of piperidine rings is 1. The van der Waals surface area contributed by atoms with Crippen LogP contribution >= 0.6 is 0 Å². The van der Waals surface area contributed by atoms with E-state index in [4.69, 9.17) is 0 Å². The lowest BCUT2D eigenvalue weighted by Gasteiger charge is -2.23. The standard InChI is InChI=1S/C18H15N3O3.C2H6/c22-9-7-11-3-4-14-13(10-11)12-2-1-8-19-17(12)21(14)15-5-6-16(23)20-18(15)24;1-2/h1-4,8-10,15H,5-7H2,(H,20,23,24);1-2H3. The maximum Gasteiger partial charge on any atom is 0.249 e. The van der Waals surface area contributed by atoms with Crippen molar-refractivity contribution in [2.75, 3.05) is 0 Å². The Balaban J connectivity index is 0.000000948. The van der Waals surface area contributed by atoms with Gasteiger partial charge >= 0.3 is 0 Å². The van der Waals surface area contributed by atoms with E-state index in [1.165, 1.54) is 0 Å². The van der Waals surface area contributed by atoms with Crippen LogP contribution in [-0.4, -0.2) is 27.7 Å². The molecule has 1 N–H and O–H groups in total. The second kappa shape index (κ2) is 7.47. The average molecular weight is 351 g/mol. The lowest BCUT2D eigenvalue weighted by atomic mass is 10.1. The van der Waals surface area contributed by atoms with E-state index >= 15 is 0 Å². The van der Waals surface area contributed by atoms with E-state index in [1.807, 2.05) is 48.7 Å². The van der Waals surface area contributed by atoms with Gasteiger partial charge in [0.1, 0.15) is 18.0 Å². The first-order valence-corrected chi connectivity index (χ1v) is 8.84. The number of carbonyl (C=O) groups is 3. The molecular formula is C20H21N3O3. The monoisotopic (exact) mass is 351 g/mol. The molecule has 1 aliphatic heterocycles. The maximum absolute atomic E-state index is 12.3. The summed E-state index contributed by atoms with van der Waals surface area (Å²) in [4.78, 5) is 39.0. The lowest BCUT2D eigenvalue weighted by Crippen LogP contribution is -2.41. The number of nitrogens with zero attached hydrogens (tertiary/aromatic N) is 2. The zero-order valence-corrected chi connectivity index (χ0v) is 14.9. The summed E-state index contributed by atoms with van der Waals surface area (Å²) >= 11 is 0. The number of aldehydes is 1. The van der Waals surface area contributed by atoms with Gasteiger partial charge in [-0.05, 0) is 36.2 Å². The minimum absolute atomic E-state index is 0.238. The first-order chi connectivity index (χ1) is 12.7. The molecule has 1 saturated heterocycles. The van der Waals surface area contributed by atoms with E-state index in [2.05, 4.69) is 10.3 Å². The third-order valence-corrected chi connectivity index (χ3v) is 4.47. The van der Waals surface area contributed by atoms with Crippen LogP contribution in [0.3, 0.4) is 0 Å². The summed E-state index contributed by atoms with van der Waals surface area (Å²) in [6.07, 6.45) is 3.68. The third-order valence-electron chi connectivity index (χ3n) is 4.47. The van der Waals surface area contributed by atoms with Gasteiger partial charge in [0.15, 0.2) is 0 Å². The highest BCUT2D eigenvalue weighted by atomic mass is 16.2. The Hall–Kier alpha value is -3.02. The first-order valence-electron chi connectivity index (χ1n) is 8.84. The number of aromatic nitrogens is 2. The Labute approximate surface area is 151 Å². The van der Waals surface area contributed by atoms with Crippen LogP contribution in [0, 0.1) is 0 Å². The number of carbonyl (C=O) groups excluding carboxylic acids is 3. The van der Waals surface area contributed by atoms with Crippen molar-refractivity contribution >= 4 is 40.0 Å². The van der Waals surface area contributed by atoms with Crippen LogP contribution < -0.4 is 5.32 Å². The van der Waals surface area contributed by atoms with Gasteiger partial charge in [-0.15, -0.1) is 0 Å². The third kappa shape index (κ3) is 2.98. The molecule has 2 aromatic heterocycles. The molecule has 26 heavy (non-hydrogen) atoms. The zero-order chi connectivity index (χ0) is 18.7. The molecule has 134 valence electrons. The number of amides is 2. The molecule has 3 heterocycles. The van der Waals surface area contributed by atoms with Crippen LogP contribution in [0.4, 0.5) is 0 Å². The smallest absolute Gasteiger partial charge is 0.249 e. The largest absolute Gasteiger partial charge is 0.313 e. The van der Waals surface area contributed by atoms with E-state index in [0.717, 1.165) is 28.1 Å². The molecule has 1 aliphatic rings. The van der Waals surface area contributed by atoms with Gasteiger partial charge in [-0.2, -0.15) is 0 Å². The minimum atomic E-state index is -0.463. The topological polar surface area (TPSA) is 81.1 Å². The van der Waals surface area contributed by atoms with E-state index < -0.39 is 6.04 Å². The first kappa shape index (κ1) is 17.8. The van der Waals surface area contributed by atoms with Crippen LogP contribution in [0.5, 0.6) is 0 Å². The predicted molar refractivity (Wildman–Crippen MR) is 99.8 cm³/mol. The molecule has 1 fully saturated rings. The van der Waals surface area contributed by atoms with Crippen LogP contribution in [0.25, 0.3) is 21.9 Å². The number of imide groups is 1. The fourth-order valence-electron chi connectivity index (χ4n) is 3.39. The summed E-state index contributed by atoms with van der Waals surface area (Å²) in [7, 11) is 0. The molecule has 0 saturated carbocycles. The van der Waals surface area contributed by atoms with Gasteiger partial charge in [-0.3, -0.25) is 14.9 Å². The second-order valence-corrected chi connectivity index (χ2v) is 5.93. The highest BCUT2D eigenvalue weighted by molar-refractivity contribution is 6.09. The Kier molecular flexibility index (Phi) is 5.11. The number of hydrogen-bond acceptors (Lipinski definition) is 4. The van der Waals surface area contributed by atoms with Gasteiger partial charge in [-0.1, -0.05) is 19.9 Å². The highest BCUT2D eigenvalue weighted by Gasteiger charge is 2.30. The van der Waals surface area contributed by atoms with Crippen molar-refractivity contribution in [3.8, 4) is 0 Å². The Bertz CT molecular complexity index is 991. The molecule has 3 aromatic rings. The zero-order valence-electron chi connectivity index (χ0n) is 14.9. The molecule has 1 aromatic carbocycles. The SMILES string of the molecule is CC.O=CCc1ccc2c(c1)c1cccnc1n2C1CCC(=O)NC1=O. The van der Waals surface area contributed by atoms with Gasteiger partial charge in [0.05, 0.1) is 5.52 Å². The Morgan fingerprint density at radius 2 is 2.04 bits per heavy atom. The average Bonchev–Trinajstić information content (AvgIpc) is 2.98. The van der Waals surface area contributed by atoms with Crippen molar-refractivity contribution in [3.05, 3.63) is 42.1 Å². The van der Waals surface area contributed by atoms with Gasteiger partial charge in [0.2, 0.25) is 11.8 Å². The van der Waals surface area contributed by atoms with Crippen LogP contribution in [0.15, 0.2) is 36.5 Å². The maximum atomic E-state index is 12.3. The number of pyridine rings is 1. The fourth-order valence-corrected chi connectivity index (χ4v) is 3.39. The predicted octanol–water partition coefficient (Wildman–Crippen LogP) is 2.93. The van der Waals surface area contributed by atoms with Gasteiger partial charge in [0.25, 0.3) is 0 Å². The number of benzene rings is 1. The molecule has 0 bridgehead atoms. The molecule has 6 heteroatoms. The summed E-state index contributed by atoms with van der Waals surface area (Å²) in [6.45, 7) is 4.00. The van der Waals surface area contributed by atoms with Crippen molar-refractivity contribution in [2.45, 2.75) is 39.2 Å². The van der Waals surface area contributed by atoms with E-state index in [0.29, 0.717) is 24.9 Å². The number of fused-ring (bicyclic) bond motifs is 3. The second-order valence-electron chi connectivity index (χ2n) is 5.93. The quantitative estimate of drug-likeness (QED) is 0.581. The Morgan fingerprint density at radius 1 is 1.23 bits per heavy atom. The van der Waals surface area contributed by atoms with Crippen LogP contribution in [0.1, 0.15) is 38.3 Å². The molecular weight excluding hydrogens is 330 g/mol. The van der Waals surface area contributed by atoms with Crippen molar-refractivity contribution < 1.29 is 14.4 Å². The summed E-state index contributed by atoms with van der Waals surface area (Å²) in [5.41, 5.74) is 2.52. The highest BCUT2D eigenvalue weighted by Crippen LogP contribution is 2.33. The molecule has 6 nitrogen and oxygen atoms in total. The fraction of sp³-hybridized carbons (Fsp3) is 0.300. The number of rotatable bonds is 3. The molecule has 1 unspecified atom stereocenters. The Morgan fingerprint density at radius 3 is 2.77 bits per heavy atom. The summed E-state index contributed by atoms with van der Waals surface area (Å²) in [5, 5.41) is 4.30. The number of hydrogen-bond donors (Lipinski definition) is 1. The van der Waals surface area contributed by atoms with Gasteiger partial charge in [0, 0.05) is 29.8 Å². The van der Waals surface area contributed by atoms with E-state index in [9.17, 15) is 14.4 Å². The van der Waals surface area contributed by atoms with Crippen molar-refractivity contribution in [2.24, 2.45) is 0 Å². The summed E-state index contributed by atoms with van der Waals surface area (Å²) in [5.74, 6) is -0.536. The molecule has 0 aliphatic carbocycles. The molecule has 4 rings (SSSR count). The minimum Gasteiger partial charge on any atom is -0.313 e. The van der Waals surface area contributed by atoms with Crippen molar-refractivity contribution in [1.29, 1.82) is 0 Å². The van der Waals surface area contributed by atoms with Crippen molar-refractivity contribution in [3.63, 3.8) is 0 Å². The van der Waals surface area contributed by atoms with Crippen LogP contribution in [0.2, 0.25) is 0 Å². The van der Waals surface area contributed by atoms with E-state index in [-0.39, 0.29) is 11.8 Å². The molecule has 2 amide bonds. The van der Waals surface area contributed by atoms with E-state index in [1.54, 1.807) is 6.20 Å². The molecule has 0 radical (unpaired) electrons. The molecule has 1 atom stereocenters. The van der Waals surface area contributed by atoms with Crippen molar-refractivity contribution in [1.82, 2.24) is 14.9 Å². The van der Waals surface area contributed by atoms with Crippen LogP contribution in [-0.2, 0) is 20.8 Å². The van der Waals surface area contributed by atoms with Gasteiger partial charge in [-0.25, -0.2) is 4.98 Å². The summed E-state index contributed by atoms with van der Waals surface area (Å²) in [6, 6.07) is 9.11. The van der Waals surface area contributed by atoms with Gasteiger partial charge < -0.3 is 9.36 Å². The number of nitrogens with one attached hydrogen (secondary N) is 1.